The molecular formula is C30H31NO6. The zero-order valence-electron chi connectivity index (χ0n) is 21.3. The van der Waals surface area contributed by atoms with Gasteiger partial charge in [-0.25, -0.2) is 0 Å². The fourth-order valence-corrected chi connectivity index (χ4v) is 4.23. The highest BCUT2D eigenvalue weighted by atomic mass is 16.5. The van der Waals surface area contributed by atoms with E-state index in [0.717, 1.165) is 12.8 Å². The summed E-state index contributed by atoms with van der Waals surface area (Å²) in [5.41, 5.74) is 1.58. The molecule has 1 aliphatic rings. The largest absolute Gasteiger partial charge is 0.507 e. The maximum Gasteiger partial charge on any atom is 0.300 e. The zero-order valence-corrected chi connectivity index (χ0v) is 21.3. The first kappa shape index (κ1) is 25.8. The van der Waals surface area contributed by atoms with Gasteiger partial charge in [-0.1, -0.05) is 32.0 Å². The number of hydrogen-bond donors (Lipinski definition) is 1. The topological polar surface area (TPSA) is 85.3 Å². The molecule has 1 N–H and O–H groups in total. The predicted molar refractivity (Wildman–Crippen MR) is 142 cm³/mol. The Morgan fingerprint density at radius 1 is 0.838 bits per heavy atom. The van der Waals surface area contributed by atoms with Crippen molar-refractivity contribution in [2.24, 2.45) is 0 Å². The monoisotopic (exact) mass is 501 g/mol. The van der Waals surface area contributed by atoms with Crippen molar-refractivity contribution in [3.05, 3.63) is 89.5 Å². The molecule has 0 bridgehead atoms. The number of aliphatic hydroxyl groups is 1. The Morgan fingerprint density at radius 2 is 1.43 bits per heavy atom. The van der Waals surface area contributed by atoms with Crippen molar-refractivity contribution in [1.29, 1.82) is 0 Å². The number of rotatable bonds is 10. The van der Waals surface area contributed by atoms with Crippen LogP contribution in [0.5, 0.6) is 17.2 Å². The Balaban J connectivity index is 1.81. The van der Waals surface area contributed by atoms with E-state index < -0.39 is 17.7 Å². The van der Waals surface area contributed by atoms with Crippen LogP contribution in [0.4, 0.5) is 5.69 Å². The molecule has 1 heterocycles. The molecule has 0 spiro atoms. The predicted octanol–water partition coefficient (Wildman–Crippen LogP) is 5.90. The number of amides is 1. The van der Waals surface area contributed by atoms with Gasteiger partial charge in [0.15, 0.2) is 0 Å². The number of hydrogen-bond acceptors (Lipinski definition) is 6. The van der Waals surface area contributed by atoms with Gasteiger partial charge in [0.1, 0.15) is 23.0 Å². The summed E-state index contributed by atoms with van der Waals surface area (Å²) in [6.07, 6.45) is 1.75. The minimum atomic E-state index is -0.844. The summed E-state index contributed by atoms with van der Waals surface area (Å²) < 4.78 is 16.7. The third-order valence-corrected chi connectivity index (χ3v) is 6.05. The number of carbonyl (C=O) groups is 2. The van der Waals surface area contributed by atoms with Crippen molar-refractivity contribution >= 4 is 23.1 Å². The molecule has 1 amide bonds. The summed E-state index contributed by atoms with van der Waals surface area (Å²) in [4.78, 5) is 28.1. The second kappa shape index (κ2) is 11.6. The number of aliphatic hydroxyl groups excluding tert-OH is 1. The second-order valence-corrected chi connectivity index (χ2v) is 8.66. The van der Waals surface area contributed by atoms with Gasteiger partial charge in [-0.3, -0.25) is 14.5 Å². The minimum absolute atomic E-state index is 0.0114. The Kier molecular flexibility index (Phi) is 8.13. The SMILES string of the molecule is CCCOc1ccc(/C(O)=C2\C(=O)C(=O)N(c3cccc(OC)c3)C2c2ccc(OCCC)cc2)cc1. The number of ketones is 1. The summed E-state index contributed by atoms with van der Waals surface area (Å²) in [6.45, 7) is 5.21. The van der Waals surface area contributed by atoms with Gasteiger partial charge < -0.3 is 19.3 Å². The lowest BCUT2D eigenvalue weighted by Gasteiger charge is -2.26. The van der Waals surface area contributed by atoms with Gasteiger partial charge >= 0.3 is 0 Å². The molecule has 37 heavy (non-hydrogen) atoms. The van der Waals surface area contributed by atoms with Crippen LogP contribution in [-0.4, -0.2) is 37.1 Å². The van der Waals surface area contributed by atoms with E-state index >= 15 is 0 Å². The Labute approximate surface area is 216 Å². The summed E-state index contributed by atoms with van der Waals surface area (Å²) >= 11 is 0. The number of carbonyl (C=O) groups excluding carboxylic acids is 2. The first-order chi connectivity index (χ1) is 18.0. The summed E-state index contributed by atoms with van der Waals surface area (Å²) in [7, 11) is 1.54. The van der Waals surface area contributed by atoms with Crippen LogP contribution in [0.2, 0.25) is 0 Å². The van der Waals surface area contributed by atoms with Crippen LogP contribution in [0.25, 0.3) is 5.76 Å². The maximum absolute atomic E-state index is 13.4. The Bertz CT molecular complexity index is 1280. The molecule has 1 aliphatic heterocycles. The third-order valence-electron chi connectivity index (χ3n) is 6.05. The van der Waals surface area contributed by atoms with Crippen LogP contribution in [0, 0.1) is 0 Å². The van der Waals surface area contributed by atoms with Crippen molar-refractivity contribution in [3.63, 3.8) is 0 Å². The number of methoxy groups -OCH3 is 1. The smallest absolute Gasteiger partial charge is 0.300 e. The van der Waals surface area contributed by atoms with E-state index in [9.17, 15) is 14.7 Å². The molecule has 1 atom stereocenters. The van der Waals surface area contributed by atoms with E-state index in [4.69, 9.17) is 14.2 Å². The van der Waals surface area contributed by atoms with Gasteiger partial charge in [0, 0.05) is 17.3 Å². The van der Waals surface area contributed by atoms with E-state index in [0.29, 0.717) is 47.3 Å². The first-order valence-electron chi connectivity index (χ1n) is 12.4. The van der Waals surface area contributed by atoms with Gasteiger partial charge in [-0.15, -0.1) is 0 Å². The van der Waals surface area contributed by atoms with Crippen molar-refractivity contribution in [1.82, 2.24) is 0 Å². The maximum atomic E-state index is 13.4. The number of Topliss-reactive ketones (excluding diaryl/α,β-unsaturated/α-hetero) is 1. The fourth-order valence-electron chi connectivity index (χ4n) is 4.23. The molecule has 7 nitrogen and oxygen atoms in total. The highest BCUT2D eigenvalue weighted by Gasteiger charge is 2.47. The van der Waals surface area contributed by atoms with Crippen LogP contribution in [-0.2, 0) is 9.59 Å². The van der Waals surface area contributed by atoms with Crippen LogP contribution in [0.15, 0.2) is 78.4 Å². The molecule has 0 aromatic heterocycles. The quantitative estimate of drug-likeness (QED) is 0.212. The molecule has 4 rings (SSSR count). The lowest BCUT2D eigenvalue weighted by molar-refractivity contribution is -0.132. The Hall–Kier alpha value is -4.26. The lowest BCUT2D eigenvalue weighted by atomic mass is 9.95. The van der Waals surface area contributed by atoms with Crippen LogP contribution < -0.4 is 19.1 Å². The van der Waals surface area contributed by atoms with Crippen molar-refractivity contribution in [2.45, 2.75) is 32.7 Å². The second-order valence-electron chi connectivity index (χ2n) is 8.66. The van der Waals surface area contributed by atoms with Gasteiger partial charge in [0.05, 0.1) is 31.9 Å². The molecule has 3 aromatic rings. The molecular weight excluding hydrogens is 470 g/mol. The summed E-state index contributed by atoms with van der Waals surface area (Å²) in [5, 5.41) is 11.3. The minimum Gasteiger partial charge on any atom is -0.507 e. The Morgan fingerprint density at radius 3 is 2.00 bits per heavy atom. The molecule has 7 heteroatoms. The average Bonchev–Trinajstić information content (AvgIpc) is 3.20. The molecule has 1 saturated heterocycles. The van der Waals surface area contributed by atoms with Gasteiger partial charge in [-0.2, -0.15) is 0 Å². The molecule has 0 radical (unpaired) electrons. The number of ether oxygens (including phenoxy) is 3. The summed E-state index contributed by atoms with van der Waals surface area (Å²) in [6, 6.07) is 20.1. The fraction of sp³-hybridized carbons (Fsp3) is 0.267. The van der Waals surface area contributed by atoms with E-state index in [1.165, 1.54) is 12.0 Å². The number of nitrogens with zero attached hydrogens (tertiary/aromatic N) is 1. The molecule has 1 fully saturated rings. The van der Waals surface area contributed by atoms with Gasteiger partial charge in [0.25, 0.3) is 11.7 Å². The van der Waals surface area contributed by atoms with E-state index in [1.807, 2.05) is 26.0 Å². The first-order valence-corrected chi connectivity index (χ1v) is 12.4. The number of anilines is 1. The normalized spacial score (nSPS) is 16.6. The zero-order chi connectivity index (χ0) is 26.4. The highest BCUT2D eigenvalue weighted by molar-refractivity contribution is 6.51. The van der Waals surface area contributed by atoms with Gasteiger partial charge in [0.2, 0.25) is 0 Å². The average molecular weight is 502 g/mol. The third kappa shape index (κ3) is 5.45. The van der Waals surface area contributed by atoms with Crippen molar-refractivity contribution in [2.75, 3.05) is 25.2 Å². The van der Waals surface area contributed by atoms with Crippen LogP contribution >= 0.6 is 0 Å². The van der Waals surface area contributed by atoms with Crippen LogP contribution in [0.1, 0.15) is 43.9 Å². The van der Waals surface area contributed by atoms with E-state index in [2.05, 4.69) is 0 Å². The summed E-state index contributed by atoms with van der Waals surface area (Å²) in [5.74, 6) is 0.157. The molecule has 192 valence electrons. The van der Waals surface area contributed by atoms with Crippen molar-refractivity contribution < 1.29 is 28.9 Å². The van der Waals surface area contributed by atoms with Gasteiger partial charge in [-0.05, 0) is 66.9 Å². The molecule has 3 aromatic carbocycles. The van der Waals surface area contributed by atoms with Crippen LogP contribution in [0.3, 0.4) is 0 Å². The number of benzene rings is 3. The molecule has 1 unspecified atom stereocenters. The standard InChI is InChI=1S/C30H31NO6/c1-4-17-36-23-13-9-20(10-14-23)27-26(28(32)21-11-15-24(16-12-21)37-18-5-2)29(33)30(34)31(27)22-7-6-8-25(19-22)35-3/h6-16,19,27,32H,4-5,17-18H2,1-3H3/b28-26+. The van der Waals surface area contributed by atoms with E-state index in [1.54, 1.807) is 60.7 Å². The molecule has 0 saturated carbocycles. The molecule has 0 aliphatic carbocycles. The van der Waals surface area contributed by atoms with Crippen molar-refractivity contribution in [3.8, 4) is 17.2 Å². The van der Waals surface area contributed by atoms with E-state index in [-0.39, 0.29) is 11.3 Å². The lowest BCUT2D eigenvalue weighted by Crippen LogP contribution is -2.29. The highest BCUT2D eigenvalue weighted by Crippen LogP contribution is 2.43.